The van der Waals surface area contributed by atoms with Crippen LogP contribution in [-0.4, -0.2) is 35.6 Å². The van der Waals surface area contributed by atoms with Crippen LogP contribution >= 0.6 is 0 Å². The smallest absolute Gasteiger partial charge is 0.108 e. The largest absolute Gasteiger partial charge is 0.299 e. The first-order valence-corrected chi connectivity index (χ1v) is 8.68. The monoisotopic (exact) mass is 275 g/mol. The SMILES string of the molecule is CCCNC1(C#N)CCCC(N(CC2CC2)C2CC2)C1. The number of nitrogens with zero attached hydrogens (tertiary/aromatic N) is 2. The Balaban J connectivity index is 1.64. The molecule has 0 aromatic heterocycles. The van der Waals surface area contributed by atoms with Gasteiger partial charge in [0, 0.05) is 18.6 Å². The lowest BCUT2D eigenvalue weighted by Crippen LogP contribution is -2.53. The molecule has 3 fully saturated rings. The lowest BCUT2D eigenvalue weighted by atomic mass is 9.79. The maximum atomic E-state index is 9.69. The van der Waals surface area contributed by atoms with Gasteiger partial charge in [-0.05, 0) is 70.3 Å². The van der Waals surface area contributed by atoms with Gasteiger partial charge in [-0.1, -0.05) is 6.92 Å². The van der Waals surface area contributed by atoms with E-state index in [0.29, 0.717) is 6.04 Å². The van der Waals surface area contributed by atoms with Crippen molar-refractivity contribution in [2.75, 3.05) is 13.1 Å². The first-order chi connectivity index (χ1) is 9.76. The predicted molar refractivity (Wildman–Crippen MR) is 81.3 cm³/mol. The van der Waals surface area contributed by atoms with Crippen molar-refractivity contribution in [2.45, 2.75) is 82.3 Å². The summed E-state index contributed by atoms with van der Waals surface area (Å²) in [4.78, 5) is 2.79. The van der Waals surface area contributed by atoms with Crippen LogP contribution in [-0.2, 0) is 0 Å². The average Bonchev–Trinajstić information content (AvgIpc) is 3.36. The molecule has 0 aromatic rings. The van der Waals surface area contributed by atoms with E-state index in [9.17, 15) is 5.26 Å². The number of rotatable bonds is 7. The van der Waals surface area contributed by atoms with Gasteiger partial charge in [0.15, 0.2) is 0 Å². The minimum atomic E-state index is -0.240. The Labute approximate surface area is 123 Å². The third kappa shape index (κ3) is 3.35. The Hall–Kier alpha value is -0.590. The van der Waals surface area contributed by atoms with Gasteiger partial charge in [0.05, 0.1) is 6.07 Å². The summed E-state index contributed by atoms with van der Waals surface area (Å²) in [6.45, 7) is 4.47. The fourth-order valence-electron chi connectivity index (χ4n) is 3.80. The van der Waals surface area contributed by atoms with Crippen molar-refractivity contribution >= 4 is 0 Å². The molecule has 0 saturated heterocycles. The quantitative estimate of drug-likeness (QED) is 0.776. The maximum Gasteiger partial charge on any atom is 0.108 e. The Morgan fingerprint density at radius 1 is 1.20 bits per heavy atom. The number of hydrogen-bond acceptors (Lipinski definition) is 3. The Kier molecular flexibility index (Phi) is 4.33. The number of hydrogen-bond donors (Lipinski definition) is 1. The summed E-state index contributed by atoms with van der Waals surface area (Å²) in [6.07, 6.45) is 11.4. The first-order valence-electron chi connectivity index (χ1n) is 8.68. The zero-order valence-corrected chi connectivity index (χ0v) is 12.9. The van der Waals surface area contributed by atoms with Crippen LogP contribution in [0, 0.1) is 17.2 Å². The molecule has 112 valence electrons. The Morgan fingerprint density at radius 2 is 2.00 bits per heavy atom. The van der Waals surface area contributed by atoms with Crippen LogP contribution in [0.25, 0.3) is 0 Å². The van der Waals surface area contributed by atoms with Crippen molar-refractivity contribution < 1.29 is 0 Å². The van der Waals surface area contributed by atoms with Crippen LogP contribution in [0.3, 0.4) is 0 Å². The average molecular weight is 275 g/mol. The van der Waals surface area contributed by atoms with Crippen molar-refractivity contribution in [1.82, 2.24) is 10.2 Å². The van der Waals surface area contributed by atoms with Gasteiger partial charge in [-0.15, -0.1) is 0 Å². The molecule has 3 rings (SSSR count). The predicted octanol–water partition coefficient (Wildman–Crippen LogP) is 3.07. The lowest BCUT2D eigenvalue weighted by molar-refractivity contribution is 0.108. The van der Waals surface area contributed by atoms with Gasteiger partial charge in [-0.3, -0.25) is 10.2 Å². The summed E-state index contributed by atoms with van der Waals surface area (Å²) < 4.78 is 0. The van der Waals surface area contributed by atoms with Gasteiger partial charge in [-0.2, -0.15) is 5.26 Å². The van der Waals surface area contributed by atoms with Crippen LogP contribution in [0.2, 0.25) is 0 Å². The molecule has 2 atom stereocenters. The molecule has 0 spiro atoms. The van der Waals surface area contributed by atoms with E-state index in [1.165, 1.54) is 45.1 Å². The summed E-state index contributed by atoms with van der Waals surface area (Å²) in [5.41, 5.74) is -0.240. The zero-order valence-electron chi connectivity index (χ0n) is 12.9. The van der Waals surface area contributed by atoms with Crippen molar-refractivity contribution in [2.24, 2.45) is 5.92 Å². The molecule has 0 radical (unpaired) electrons. The second kappa shape index (κ2) is 6.03. The second-order valence-corrected chi connectivity index (χ2v) is 7.24. The molecule has 3 aliphatic carbocycles. The molecule has 3 saturated carbocycles. The van der Waals surface area contributed by atoms with Crippen LogP contribution in [0.5, 0.6) is 0 Å². The van der Waals surface area contributed by atoms with E-state index >= 15 is 0 Å². The van der Waals surface area contributed by atoms with E-state index in [-0.39, 0.29) is 5.54 Å². The van der Waals surface area contributed by atoms with Gasteiger partial charge in [0.25, 0.3) is 0 Å². The molecular weight excluding hydrogens is 246 g/mol. The summed E-state index contributed by atoms with van der Waals surface area (Å²) in [7, 11) is 0. The third-order valence-electron chi connectivity index (χ3n) is 5.30. The molecule has 0 bridgehead atoms. The van der Waals surface area contributed by atoms with Crippen LogP contribution in [0.15, 0.2) is 0 Å². The van der Waals surface area contributed by atoms with Gasteiger partial charge in [0.1, 0.15) is 5.54 Å². The second-order valence-electron chi connectivity index (χ2n) is 7.24. The highest BCUT2D eigenvalue weighted by molar-refractivity contribution is 5.12. The van der Waals surface area contributed by atoms with E-state index in [4.69, 9.17) is 0 Å². The molecule has 0 heterocycles. The van der Waals surface area contributed by atoms with E-state index in [0.717, 1.165) is 37.8 Å². The molecule has 0 aliphatic heterocycles. The molecule has 1 N–H and O–H groups in total. The van der Waals surface area contributed by atoms with Gasteiger partial charge >= 0.3 is 0 Å². The lowest BCUT2D eigenvalue weighted by Gasteiger charge is -2.42. The van der Waals surface area contributed by atoms with Gasteiger partial charge in [0.2, 0.25) is 0 Å². The van der Waals surface area contributed by atoms with Crippen molar-refractivity contribution in [3.05, 3.63) is 0 Å². The van der Waals surface area contributed by atoms with Gasteiger partial charge < -0.3 is 0 Å². The standard InChI is InChI=1S/C17H29N3/c1-2-10-19-17(13-18)9-3-4-16(11-17)20(15-7-8-15)12-14-5-6-14/h14-16,19H,2-12H2,1H3. The zero-order chi connectivity index (χ0) is 14.0. The minimum absolute atomic E-state index is 0.240. The van der Waals surface area contributed by atoms with Gasteiger partial charge in [-0.25, -0.2) is 0 Å². The van der Waals surface area contributed by atoms with E-state index in [1.807, 2.05) is 0 Å². The molecule has 3 aliphatic rings. The van der Waals surface area contributed by atoms with E-state index in [2.05, 4.69) is 23.2 Å². The summed E-state index contributed by atoms with van der Waals surface area (Å²) in [6, 6.07) is 4.13. The fourth-order valence-corrected chi connectivity index (χ4v) is 3.80. The summed E-state index contributed by atoms with van der Waals surface area (Å²) in [5.74, 6) is 0.970. The molecule has 0 aromatic carbocycles. The fraction of sp³-hybridized carbons (Fsp3) is 0.941. The number of nitriles is 1. The highest BCUT2D eigenvalue weighted by Gasteiger charge is 2.43. The normalized spacial score (nSPS) is 34.1. The highest BCUT2D eigenvalue weighted by atomic mass is 15.2. The highest BCUT2D eigenvalue weighted by Crippen LogP contribution is 2.40. The van der Waals surface area contributed by atoms with Crippen molar-refractivity contribution in [1.29, 1.82) is 5.26 Å². The molecule has 3 heteroatoms. The molecule has 3 nitrogen and oxygen atoms in total. The topological polar surface area (TPSA) is 39.1 Å². The number of nitrogens with one attached hydrogen (secondary N) is 1. The first kappa shape index (κ1) is 14.4. The van der Waals surface area contributed by atoms with E-state index in [1.54, 1.807) is 0 Å². The Bertz CT molecular complexity index is 367. The third-order valence-corrected chi connectivity index (χ3v) is 5.30. The summed E-state index contributed by atoms with van der Waals surface area (Å²) in [5, 5.41) is 13.2. The molecule has 2 unspecified atom stereocenters. The summed E-state index contributed by atoms with van der Waals surface area (Å²) >= 11 is 0. The molecule has 20 heavy (non-hydrogen) atoms. The molecule has 0 amide bonds. The van der Waals surface area contributed by atoms with Crippen LogP contribution in [0.1, 0.15) is 64.7 Å². The molecular formula is C17H29N3. The van der Waals surface area contributed by atoms with Crippen molar-refractivity contribution in [3.63, 3.8) is 0 Å². The van der Waals surface area contributed by atoms with Crippen LogP contribution < -0.4 is 5.32 Å². The van der Waals surface area contributed by atoms with Crippen molar-refractivity contribution in [3.8, 4) is 6.07 Å². The minimum Gasteiger partial charge on any atom is -0.299 e. The Morgan fingerprint density at radius 3 is 2.60 bits per heavy atom. The maximum absolute atomic E-state index is 9.69. The van der Waals surface area contributed by atoms with E-state index < -0.39 is 0 Å². The van der Waals surface area contributed by atoms with Crippen LogP contribution in [0.4, 0.5) is 0 Å².